The van der Waals surface area contributed by atoms with Crippen LogP contribution in [0.4, 0.5) is 0 Å². The SMILES string of the molecule is COC(=O)C1=C(N)Oc2cc(C)n(Cc3ccccn3)c(=O)c2C1c1cccc(OC)c1OC. The van der Waals surface area contributed by atoms with Gasteiger partial charge < -0.3 is 29.2 Å². The van der Waals surface area contributed by atoms with E-state index in [0.29, 0.717) is 28.5 Å². The second kappa shape index (κ2) is 9.30. The summed E-state index contributed by atoms with van der Waals surface area (Å²) in [4.78, 5) is 31.1. The molecule has 9 heteroatoms. The Kier molecular flexibility index (Phi) is 6.27. The Labute approximate surface area is 196 Å². The molecule has 1 unspecified atom stereocenters. The molecule has 0 amide bonds. The molecule has 1 atom stereocenters. The van der Waals surface area contributed by atoms with Crippen LogP contribution in [0.1, 0.15) is 28.4 Å². The fourth-order valence-electron chi connectivity index (χ4n) is 4.20. The Bertz CT molecular complexity index is 1330. The number of hydrogen-bond acceptors (Lipinski definition) is 8. The number of esters is 1. The molecule has 9 nitrogen and oxygen atoms in total. The number of para-hydroxylation sites is 1. The van der Waals surface area contributed by atoms with Crippen LogP contribution in [0.25, 0.3) is 0 Å². The fourth-order valence-corrected chi connectivity index (χ4v) is 4.20. The smallest absolute Gasteiger partial charge is 0.340 e. The van der Waals surface area contributed by atoms with Gasteiger partial charge in [0.05, 0.1) is 45.0 Å². The van der Waals surface area contributed by atoms with Crippen LogP contribution >= 0.6 is 0 Å². The zero-order chi connectivity index (χ0) is 24.4. The molecular formula is C25H25N3O6. The van der Waals surface area contributed by atoms with E-state index in [2.05, 4.69) is 4.98 Å². The van der Waals surface area contributed by atoms with Crippen LogP contribution in [0, 0.1) is 6.92 Å². The molecule has 1 aromatic carbocycles. The van der Waals surface area contributed by atoms with Crippen LogP contribution in [-0.2, 0) is 16.1 Å². The van der Waals surface area contributed by atoms with Crippen molar-refractivity contribution < 1.29 is 23.7 Å². The van der Waals surface area contributed by atoms with Crippen LogP contribution in [0.15, 0.2) is 64.9 Å². The molecule has 3 heterocycles. The molecule has 0 fully saturated rings. The van der Waals surface area contributed by atoms with Crippen molar-refractivity contribution in [3.05, 3.63) is 93.0 Å². The van der Waals surface area contributed by atoms with E-state index in [4.69, 9.17) is 24.7 Å². The first-order valence-corrected chi connectivity index (χ1v) is 10.5. The van der Waals surface area contributed by atoms with E-state index in [1.54, 1.807) is 48.0 Å². The minimum absolute atomic E-state index is 0.00638. The van der Waals surface area contributed by atoms with E-state index < -0.39 is 11.9 Å². The lowest BCUT2D eigenvalue weighted by molar-refractivity contribution is -0.136. The van der Waals surface area contributed by atoms with Gasteiger partial charge in [-0.3, -0.25) is 9.78 Å². The summed E-state index contributed by atoms with van der Waals surface area (Å²) < 4.78 is 23.4. The molecule has 4 rings (SSSR count). The van der Waals surface area contributed by atoms with Crippen molar-refractivity contribution in [1.82, 2.24) is 9.55 Å². The lowest BCUT2D eigenvalue weighted by Crippen LogP contribution is -2.35. The third-order valence-electron chi connectivity index (χ3n) is 5.77. The Morgan fingerprint density at radius 2 is 1.94 bits per heavy atom. The Balaban J connectivity index is 2.01. The van der Waals surface area contributed by atoms with E-state index in [-0.39, 0.29) is 34.9 Å². The highest BCUT2D eigenvalue weighted by molar-refractivity contribution is 5.93. The van der Waals surface area contributed by atoms with E-state index in [0.717, 1.165) is 0 Å². The quantitative estimate of drug-likeness (QED) is 0.555. The van der Waals surface area contributed by atoms with Gasteiger partial charge in [-0.15, -0.1) is 0 Å². The first-order valence-electron chi connectivity index (χ1n) is 10.5. The number of ether oxygens (including phenoxy) is 4. The van der Waals surface area contributed by atoms with Crippen molar-refractivity contribution in [3.8, 4) is 17.2 Å². The number of benzene rings is 1. The Morgan fingerprint density at radius 1 is 1.15 bits per heavy atom. The van der Waals surface area contributed by atoms with Gasteiger partial charge in [-0.1, -0.05) is 18.2 Å². The van der Waals surface area contributed by atoms with Crippen molar-refractivity contribution in [3.63, 3.8) is 0 Å². The summed E-state index contributed by atoms with van der Waals surface area (Å²) in [6, 6.07) is 12.4. The number of methoxy groups -OCH3 is 3. The van der Waals surface area contributed by atoms with Crippen molar-refractivity contribution in [2.75, 3.05) is 21.3 Å². The van der Waals surface area contributed by atoms with Crippen molar-refractivity contribution in [2.45, 2.75) is 19.4 Å². The van der Waals surface area contributed by atoms with Gasteiger partial charge in [-0.2, -0.15) is 0 Å². The molecule has 1 aliphatic rings. The molecule has 34 heavy (non-hydrogen) atoms. The monoisotopic (exact) mass is 463 g/mol. The number of nitrogens with zero attached hydrogens (tertiary/aromatic N) is 2. The summed E-state index contributed by atoms with van der Waals surface area (Å²) in [5, 5.41) is 0. The molecule has 0 saturated carbocycles. The molecule has 0 saturated heterocycles. The second-order valence-electron chi connectivity index (χ2n) is 7.66. The molecule has 0 radical (unpaired) electrons. The summed E-state index contributed by atoms with van der Waals surface area (Å²) in [5.41, 5.74) is 7.97. The van der Waals surface area contributed by atoms with Crippen molar-refractivity contribution >= 4 is 5.97 Å². The average Bonchev–Trinajstić information content (AvgIpc) is 2.85. The predicted octanol–water partition coefficient (Wildman–Crippen LogP) is 2.48. The normalized spacial score (nSPS) is 14.8. The van der Waals surface area contributed by atoms with Gasteiger partial charge in [-0.05, 0) is 25.1 Å². The number of carbonyl (C=O) groups excluding carboxylic acids is 1. The number of pyridine rings is 2. The van der Waals surface area contributed by atoms with Gasteiger partial charge in [0.15, 0.2) is 11.5 Å². The molecule has 176 valence electrons. The summed E-state index contributed by atoms with van der Waals surface area (Å²) in [7, 11) is 4.24. The van der Waals surface area contributed by atoms with Gasteiger partial charge in [0.2, 0.25) is 5.88 Å². The first-order chi connectivity index (χ1) is 16.4. The van der Waals surface area contributed by atoms with Crippen molar-refractivity contribution in [2.24, 2.45) is 5.73 Å². The number of carbonyl (C=O) groups is 1. The van der Waals surface area contributed by atoms with E-state index in [9.17, 15) is 9.59 Å². The van der Waals surface area contributed by atoms with E-state index in [1.165, 1.54) is 21.3 Å². The van der Waals surface area contributed by atoms with E-state index in [1.807, 2.05) is 12.1 Å². The molecular weight excluding hydrogens is 438 g/mol. The number of hydrogen-bond donors (Lipinski definition) is 1. The molecule has 2 N–H and O–H groups in total. The highest BCUT2D eigenvalue weighted by Crippen LogP contribution is 2.46. The minimum Gasteiger partial charge on any atom is -0.493 e. The van der Waals surface area contributed by atoms with Crippen molar-refractivity contribution in [1.29, 1.82) is 0 Å². The van der Waals surface area contributed by atoms with E-state index >= 15 is 0 Å². The summed E-state index contributed by atoms with van der Waals surface area (Å²) >= 11 is 0. The molecule has 1 aliphatic heterocycles. The number of nitrogens with two attached hydrogens (primary N) is 1. The molecule has 0 bridgehead atoms. The van der Waals surface area contributed by atoms with Gasteiger partial charge in [0.25, 0.3) is 5.56 Å². The molecule has 0 aliphatic carbocycles. The Hall–Kier alpha value is -4.27. The Morgan fingerprint density at radius 3 is 2.59 bits per heavy atom. The zero-order valence-electron chi connectivity index (χ0n) is 19.3. The average molecular weight is 463 g/mol. The molecule has 0 spiro atoms. The largest absolute Gasteiger partial charge is 0.493 e. The third kappa shape index (κ3) is 3.85. The molecule has 2 aromatic heterocycles. The third-order valence-corrected chi connectivity index (χ3v) is 5.77. The van der Waals surface area contributed by atoms with Gasteiger partial charge in [-0.25, -0.2) is 4.79 Å². The van der Waals surface area contributed by atoms with Crippen LogP contribution in [-0.4, -0.2) is 36.8 Å². The number of rotatable bonds is 6. The highest BCUT2D eigenvalue weighted by Gasteiger charge is 2.40. The van der Waals surface area contributed by atoms with Gasteiger partial charge >= 0.3 is 5.97 Å². The minimum atomic E-state index is -0.913. The standard InChI is InChI=1S/C25H25N3O6/c1-14-12-18-20(24(29)28(14)13-15-8-5-6-11-27-15)19(21(23(26)34-18)25(30)33-4)16-9-7-10-17(31-2)22(16)32-3/h5-12,19H,13,26H2,1-4H3. The van der Waals surface area contributed by atoms with Crippen LogP contribution in [0.2, 0.25) is 0 Å². The van der Waals surface area contributed by atoms with Crippen LogP contribution in [0.5, 0.6) is 17.2 Å². The summed E-state index contributed by atoms with van der Waals surface area (Å²) in [6.07, 6.45) is 1.67. The fraction of sp³-hybridized carbons (Fsp3) is 0.240. The van der Waals surface area contributed by atoms with Gasteiger partial charge in [0, 0.05) is 23.5 Å². The number of aryl methyl sites for hydroxylation is 1. The maximum Gasteiger partial charge on any atom is 0.340 e. The second-order valence-corrected chi connectivity index (χ2v) is 7.66. The maximum atomic E-state index is 13.9. The molecule has 3 aromatic rings. The highest BCUT2D eigenvalue weighted by atomic mass is 16.5. The lowest BCUT2D eigenvalue weighted by Gasteiger charge is -2.30. The van der Waals surface area contributed by atoms with Crippen LogP contribution < -0.4 is 25.5 Å². The number of fused-ring (bicyclic) bond motifs is 1. The van der Waals surface area contributed by atoms with Crippen LogP contribution in [0.3, 0.4) is 0 Å². The first kappa shape index (κ1) is 22.9. The summed E-state index contributed by atoms with van der Waals surface area (Å²) in [6.45, 7) is 2.04. The van der Waals surface area contributed by atoms with Gasteiger partial charge in [0.1, 0.15) is 11.3 Å². The maximum absolute atomic E-state index is 13.9. The topological polar surface area (TPSA) is 115 Å². The predicted molar refractivity (Wildman–Crippen MR) is 124 cm³/mol. The lowest BCUT2D eigenvalue weighted by atomic mass is 9.82. The summed E-state index contributed by atoms with van der Waals surface area (Å²) in [5.74, 6) is -0.695. The number of aromatic nitrogens is 2. The zero-order valence-corrected chi connectivity index (χ0v) is 19.3.